The summed E-state index contributed by atoms with van der Waals surface area (Å²) in [6.07, 6.45) is 4.17. The van der Waals surface area contributed by atoms with Crippen molar-refractivity contribution in [3.63, 3.8) is 0 Å². The largest absolute Gasteiger partial charge is 0.393 e. The summed E-state index contributed by atoms with van der Waals surface area (Å²) in [5.74, 6) is 0.700. The van der Waals surface area contributed by atoms with Crippen LogP contribution in [0.5, 0.6) is 0 Å². The summed E-state index contributed by atoms with van der Waals surface area (Å²) in [7, 11) is 0. The highest BCUT2D eigenvalue weighted by Crippen LogP contribution is 2.28. The van der Waals surface area contributed by atoms with E-state index in [2.05, 4.69) is 19.2 Å². The Balaban J connectivity index is 1.66. The highest BCUT2D eigenvalue weighted by atomic mass is 16.5. The Labute approximate surface area is 92.2 Å². The lowest BCUT2D eigenvalue weighted by Gasteiger charge is -2.38. The molecule has 1 saturated heterocycles. The number of aliphatic hydroxyl groups excluding tert-OH is 1. The van der Waals surface area contributed by atoms with Gasteiger partial charge in [0.15, 0.2) is 0 Å². The monoisotopic (exact) mass is 213 g/mol. The molecule has 88 valence electrons. The Morgan fingerprint density at radius 2 is 2.13 bits per heavy atom. The second-order valence-corrected chi connectivity index (χ2v) is 5.70. The van der Waals surface area contributed by atoms with Crippen LogP contribution in [-0.4, -0.2) is 36.0 Å². The predicted octanol–water partition coefficient (Wildman–Crippen LogP) is 1.30. The molecule has 0 amide bonds. The lowest BCUT2D eigenvalue weighted by atomic mass is 9.82. The zero-order valence-electron chi connectivity index (χ0n) is 9.83. The average molecular weight is 213 g/mol. The van der Waals surface area contributed by atoms with E-state index in [9.17, 15) is 5.11 Å². The molecule has 0 aromatic heterocycles. The fourth-order valence-corrected chi connectivity index (χ4v) is 2.61. The average Bonchev–Trinajstić information content (AvgIpc) is 2.09. The van der Waals surface area contributed by atoms with Crippen LogP contribution >= 0.6 is 0 Å². The summed E-state index contributed by atoms with van der Waals surface area (Å²) in [5.41, 5.74) is 0.0368. The minimum Gasteiger partial charge on any atom is -0.393 e. The molecular weight excluding hydrogens is 190 g/mol. The lowest BCUT2D eigenvalue weighted by Crippen LogP contribution is -2.46. The van der Waals surface area contributed by atoms with Gasteiger partial charge < -0.3 is 15.2 Å². The van der Waals surface area contributed by atoms with Crippen molar-refractivity contribution in [1.82, 2.24) is 5.32 Å². The van der Waals surface area contributed by atoms with E-state index in [0.29, 0.717) is 12.0 Å². The molecule has 1 unspecified atom stereocenters. The summed E-state index contributed by atoms with van der Waals surface area (Å²) in [5, 5.41) is 12.8. The summed E-state index contributed by atoms with van der Waals surface area (Å²) >= 11 is 0. The molecule has 0 aromatic rings. The standard InChI is InChI=1S/C12H23NO2/c1-12(2)7-10(3-4-15-12)13-8-9-5-11(14)6-9/h9-11,13-14H,3-8H2,1-2H3. The fourth-order valence-electron chi connectivity index (χ4n) is 2.61. The molecule has 15 heavy (non-hydrogen) atoms. The third kappa shape index (κ3) is 3.16. The van der Waals surface area contributed by atoms with Crippen molar-refractivity contribution in [3.05, 3.63) is 0 Å². The first-order valence-electron chi connectivity index (χ1n) is 6.10. The topological polar surface area (TPSA) is 41.5 Å². The highest BCUT2D eigenvalue weighted by Gasteiger charge is 2.31. The highest BCUT2D eigenvalue weighted by molar-refractivity contribution is 4.86. The molecule has 1 aliphatic heterocycles. The maximum atomic E-state index is 9.19. The predicted molar refractivity (Wildman–Crippen MR) is 59.8 cm³/mol. The van der Waals surface area contributed by atoms with Gasteiger partial charge >= 0.3 is 0 Å². The van der Waals surface area contributed by atoms with E-state index in [1.165, 1.54) is 0 Å². The van der Waals surface area contributed by atoms with Crippen LogP contribution in [-0.2, 0) is 4.74 Å². The van der Waals surface area contributed by atoms with Crippen LogP contribution in [0.3, 0.4) is 0 Å². The molecule has 0 aromatic carbocycles. The Kier molecular flexibility index (Phi) is 3.33. The molecule has 1 aliphatic carbocycles. The zero-order chi connectivity index (χ0) is 10.9. The van der Waals surface area contributed by atoms with Crippen LogP contribution in [0.1, 0.15) is 39.5 Å². The van der Waals surface area contributed by atoms with E-state index >= 15 is 0 Å². The first-order chi connectivity index (χ1) is 7.05. The molecule has 2 aliphatic rings. The third-order valence-electron chi connectivity index (χ3n) is 3.60. The van der Waals surface area contributed by atoms with Crippen LogP contribution in [0.25, 0.3) is 0 Å². The number of rotatable bonds is 3. The van der Waals surface area contributed by atoms with E-state index < -0.39 is 0 Å². The van der Waals surface area contributed by atoms with Crippen molar-refractivity contribution >= 4 is 0 Å². The van der Waals surface area contributed by atoms with E-state index in [1.54, 1.807) is 0 Å². The number of hydrogen-bond donors (Lipinski definition) is 2. The van der Waals surface area contributed by atoms with Crippen molar-refractivity contribution in [1.29, 1.82) is 0 Å². The second kappa shape index (κ2) is 4.40. The van der Waals surface area contributed by atoms with E-state index in [1.807, 2.05) is 0 Å². The van der Waals surface area contributed by atoms with Crippen molar-refractivity contribution in [2.75, 3.05) is 13.2 Å². The van der Waals surface area contributed by atoms with Gasteiger partial charge in [0.05, 0.1) is 11.7 Å². The van der Waals surface area contributed by atoms with Crippen molar-refractivity contribution in [2.24, 2.45) is 5.92 Å². The molecule has 0 spiro atoms. The summed E-state index contributed by atoms with van der Waals surface area (Å²) < 4.78 is 5.68. The van der Waals surface area contributed by atoms with Gasteiger partial charge in [0.2, 0.25) is 0 Å². The smallest absolute Gasteiger partial charge is 0.0641 e. The van der Waals surface area contributed by atoms with Crippen LogP contribution in [0.15, 0.2) is 0 Å². The quantitative estimate of drug-likeness (QED) is 0.742. The van der Waals surface area contributed by atoms with Crippen LogP contribution < -0.4 is 5.32 Å². The van der Waals surface area contributed by atoms with E-state index in [0.717, 1.165) is 38.8 Å². The first kappa shape index (κ1) is 11.4. The molecule has 0 bridgehead atoms. The molecule has 1 atom stereocenters. The van der Waals surface area contributed by atoms with Gasteiger partial charge in [-0.15, -0.1) is 0 Å². The SMILES string of the molecule is CC1(C)CC(NCC2CC(O)C2)CCO1. The summed E-state index contributed by atoms with van der Waals surface area (Å²) in [4.78, 5) is 0. The minimum atomic E-state index is -0.0251. The van der Waals surface area contributed by atoms with Gasteiger partial charge in [-0.25, -0.2) is 0 Å². The van der Waals surface area contributed by atoms with Gasteiger partial charge in [-0.3, -0.25) is 0 Å². The lowest BCUT2D eigenvalue weighted by molar-refractivity contribution is -0.0644. The fraction of sp³-hybridized carbons (Fsp3) is 1.00. The van der Waals surface area contributed by atoms with Gasteiger partial charge in [-0.1, -0.05) is 0 Å². The van der Waals surface area contributed by atoms with Crippen LogP contribution in [0, 0.1) is 5.92 Å². The van der Waals surface area contributed by atoms with Crippen molar-refractivity contribution in [3.8, 4) is 0 Å². The third-order valence-corrected chi connectivity index (χ3v) is 3.60. The zero-order valence-corrected chi connectivity index (χ0v) is 9.83. The summed E-state index contributed by atoms with van der Waals surface area (Å²) in [6, 6.07) is 0.603. The molecule has 2 fully saturated rings. The molecule has 2 N–H and O–H groups in total. The molecule has 1 heterocycles. The van der Waals surface area contributed by atoms with Gasteiger partial charge in [0.1, 0.15) is 0 Å². The molecule has 3 nitrogen and oxygen atoms in total. The Bertz CT molecular complexity index is 212. The van der Waals surface area contributed by atoms with Crippen LogP contribution in [0.2, 0.25) is 0 Å². The molecule has 1 saturated carbocycles. The number of aliphatic hydroxyl groups is 1. The molecule has 3 heteroatoms. The van der Waals surface area contributed by atoms with Crippen LogP contribution in [0.4, 0.5) is 0 Å². The number of ether oxygens (including phenoxy) is 1. The van der Waals surface area contributed by atoms with E-state index in [-0.39, 0.29) is 11.7 Å². The number of nitrogens with one attached hydrogen (secondary N) is 1. The summed E-state index contributed by atoms with van der Waals surface area (Å²) in [6.45, 7) is 6.26. The first-order valence-corrected chi connectivity index (χ1v) is 6.10. The number of hydrogen-bond acceptors (Lipinski definition) is 3. The normalized spacial score (nSPS) is 39.8. The maximum Gasteiger partial charge on any atom is 0.0641 e. The second-order valence-electron chi connectivity index (χ2n) is 5.70. The van der Waals surface area contributed by atoms with Gasteiger partial charge in [-0.05, 0) is 52.0 Å². The Hall–Kier alpha value is -0.120. The molecule has 2 rings (SSSR count). The van der Waals surface area contributed by atoms with Gasteiger partial charge in [0, 0.05) is 12.6 Å². The van der Waals surface area contributed by atoms with Gasteiger partial charge in [0.25, 0.3) is 0 Å². The Morgan fingerprint density at radius 1 is 1.40 bits per heavy atom. The van der Waals surface area contributed by atoms with E-state index in [4.69, 9.17) is 4.74 Å². The molecule has 0 radical (unpaired) electrons. The maximum absolute atomic E-state index is 9.19. The molecular formula is C12H23NO2. The van der Waals surface area contributed by atoms with Gasteiger partial charge in [-0.2, -0.15) is 0 Å². The Morgan fingerprint density at radius 3 is 2.73 bits per heavy atom. The van der Waals surface area contributed by atoms with Crippen molar-refractivity contribution in [2.45, 2.75) is 57.3 Å². The minimum absolute atomic E-state index is 0.0251. The van der Waals surface area contributed by atoms with Crippen molar-refractivity contribution < 1.29 is 9.84 Å².